The SMILES string of the molecule is CC(C)C(O)CNC(=O)C1CC1c1ccc(OC(F)(F)F)cc1. The number of halogens is 3. The van der Waals surface area contributed by atoms with Crippen LogP contribution >= 0.6 is 0 Å². The quantitative estimate of drug-likeness (QED) is 0.843. The molecule has 23 heavy (non-hydrogen) atoms. The molecule has 0 radical (unpaired) electrons. The minimum atomic E-state index is -4.71. The molecule has 128 valence electrons. The molecule has 0 bridgehead atoms. The molecule has 2 rings (SSSR count). The van der Waals surface area contributed by atoms with Crippen molar-refractivity contribution >= 4 is 5.91 Å². The smallest absolute Gasteiger partial charge is 0.406 e. The lowest BCUT2D eigenvalue weighted by atomic mass is 10.1. The Morgan fingerprint density at radius 1 is 1.35 bits per heavy atom. The van der Waals surface area contributed by atoms with Crippen molar-refractivity contribution in [3.63, 3.8) is 0 Å². The molecule has 1 amide bonds. The molecule has 1 aromatic rings. The molecule has 1 aliphatic carbocycles. The van der Waals surface area contributed by atoms with Crippen molar-refractivity contribution < 1.29 is 27.8 Å². The number of aliphatic hydroxyl groups is 1. The number of rotatable bonds is 6. The van der Waals surface area contributed by atoms with Gasteiger partial charge in [-0.15, -0.1) is 13.2 Å². The molecule has 0 spiro atoms. The average Bonchev–Trinajstić information content (AvgIpc) is 3.23. The van der Waals surface area contributed by atoms with E-state index in [0.29, 0.717) is 6.42 Å². The van der Waals surface area contributed by atoms with Crippen LogP contribution in [-0.4, -0.2) is 30.0 Å². The van der Waals surface area contributed by atoms with Gasteiger partial charge in [-0.1, -0.05) is 26.0 Å². The van der Waals surface area contributed by atoms with Gasteiger partial charge in [0.15, 0.2) is 0 Å². The average molecular weight is 331 g/mol. The topological polar surface area (TPSA) is 58.6 Å². The zero-order valence-electron chi connectivity index (χ0n) is 12.9. The highest BCUT2D eigenvalue weighted by molar-refractivity contribution is 5.82. The van der Waals surface area contributed by atoms with Crippen LogP contribution in [0.25, 0.3) is 0 Å². The molecule has 1 fully saturated rings. The molecule has 3 atom stereocenters. The molecule has 4 nitrogen and oxygen atoms in total. The number of carbonyl (C=O) groups excluding carboxylic acids is 1. The zero-order chi connectivity index (χ0) is 17.2. The van der Waals surface area contributed by atoms with Crippen molar-refractivity contribution in [1.29, 1.82) is 0 Å². The molecular weight excluding hydrogens is 311 g/mol. The number of benzene rings is 1. The van der Waals surface area contributed by atoms with E-state index in [2.05, 4.69) is 10.1 Å². The lowest BCUT2D eigenvalue weighted by Gasteiger charge is -2.15. The van der Waals surface area contributed by atoms with Gasteiger partial charge in [-0.3, -0.25) is 4.79 Å². The van der Waals surface area contributed by atoms with E-state index in [-0.39, 0.29) is 36.0 Å². The number of ether oxygens (including phenoxy) is 1. The number of alkyl halides is 3. The van der Waals surface area contributed by atoms with Gasteiger partial charge in [-0.25, -0.2) is 0 Å². The summed E-state index contributed by atoms with van der Waals surface area (Å²) in [5, 5.41) is 12.4. The fourth-order valence-electron chi connectivity index (χ4n) is 2.34. The molecule has 1 saturated carbocycles. The molecule has 7 heteroatoms. The molecular formula is C16H20F3NO3. The van der Waals surface area contributed by atoms with Gasteiger partial charge in [0.1, 0.15) is 5.75 Å². The van der Waals surface area contributed by atoms with Gasteiger partial charge in [0.25, 0.3) is 0 Å². The Morgan fingerprint density at radius 2 is 1.96 bits per heavy atom. The van der Waals surface area contributed by atoms with E-state index in [0.717, 1.165) is 5.56 Å². The lowest BCUT2D eigenvalue weighted by Crippen LogP contribution is -2.35. The first-order valence-electron chi connectivity index (χ1n) is 7.49. The predicted octanol–water partition coefficient (Wildman–Crippen LogP) is 2.82. The van der Waals surface area contributed by atoms with Crippen molar-refractivity contribution in [2.45, 2.75) is 38.7 Å². The minimum absolute atomic E-state index is 0.00568. The van der Waals surface area contributed by atoms with Gasteiger partial charge in [-0.2, -0.15) is 0 Å². The second-order valence-electron chi connectivity index (χ2n) is 6.12. The Balaban J connectivity index is 1.84. The molecule has 0 heterocycles. The van der Waals surface area contributed by atoms with Crippen LogP contribution in [0.1, 0.15) is 31.7 Å². The summed E-state index contributed by atoms with van der Waals surface area (Å²) in [5.41, 5.74) is 0.809. The molecule has 1 aromatic carbocycles. The monoisotopic (exact) mass is 331 g/mol. The number of hydrogen-bond acceptors (Lipinski definition) is 3. The van der Waals surface area contributed by atoms with Crippen LogP contribution in [0.15, 0.2) is 24.3 Å². The maximum Gasteiger partial charge on any atom is 0.573 e. The van der Waals surface area contributed by atoms with Crippen molar-refractivity contribution in [2.75, 3.05) is 6.54 Å². The number of nitrogens with one attached hydrogen (secondary N) is 1. The van der Waals surface area contributed by atoms with Crippen molar-refractivity contribution in [2.24, 2.45) is 11.8 Å². The van der Waals surface area contributed by atoms with Crippen molar-refractivity contribution in [3.8, 4) is 5.75 Å². The van der Waals surface area contributed by atoms with Gasteiger partial charge < -0.3 is 15.2 Å². The maximum absolute atomic E-state index is 12.1. The Labute approximate surface area is 132 Å². The molecule has 2 N–H and O–H groups in total. The zero-order valence-corrected chi connectivity index (χ0v) is 12.9. The molecule has 1 aliphatic rings. The van der Waals surface area contributed by atoms with Crippen LogP contribution in [-0.2, 0) is 4.79 Å². The highest BCUT2D eigenvalue weighted by Crippen LogP contribution is 2.47. The highest BCUT2D eigenvalue weighted by atomic mass is 19.4. The summed E-state index contributed by atoms with van der Waals surface area (Å²) in [4.78, 5) is 12.0. The summed E-state index contributed by atoms with van der Waals surface area (Å²) in [6.07, 6.45) is -4.64. The van der Waals surface area contributed by atoms with E-state index < -0.39 is 12.5 Å². The van der Waals surface area contributed by atoms with Crippen LogP contribution in [0.2, 0.25) is 0 Å². The summed E-state index contributed by atoms with van der Waals surface area (Å²) in [7, 11) is 0. The summed E-state index contributed by atoms with van der Waals surface area (Å²) in [6.45, 7) is 3.93. The van der Waals surface area contributed by atoms with Crippen LogP contribution in [0, 0.1) is 11.8 Å². The number of carbonyl (C=O) groups is 1. The van der Waals surface area contributed by atoms with Crippen LogP contribution in [0.3, 0.4) is 0 Å². The Morgan fingerprint density at radius 3 is 2.48 bits per heavy atom. The van der Waals surface area contributed by atoms with E-state index >= 15 is 0 Å². The summed E-state index contributed by atoms with van der Waals surface area (Å²) in [5.74, 6) is -0.533. The second kappa shape index (κ2) is 6.78. The van der Waals surface area contributed by atoms with E-state index in [1.807, 2.05) is 13.8 Å². The Kier molecular flexibility index (Phi) is 5.19. The van der Waals surface area contributed by atoms with Crippen molar-refractivity contribution in [1.82, 2.24) is 5.32 Å². The standard InChI is InChI=1S/C16H20F3NO3/c1-9(2)14(21)8-20-15(22)13-7-12(13)10-3-5-11(6-4-10)23-16(17,18)19/h3-6,9,12-14,21H,7-8H2,1-2H3,(H,20,22). The van der Waals surface area contributed by atoms with Gasteiger partial charge >= 0.3 is 6.36 Å². The number of aliphatic hydroxyl groups excluding tert-OH is 1. The normalized spacial score (nSPS) is 21.9. The van der Waals surface area contributed by atoms with E-state index in [4.69, 9.17) is 0 Å². The molecule has 0 aliphatic heterocycles. The van der Waals surface area contributed by atoms with E-state index in [1.54, 1.807) is 12.1 Å². The molecule has 0 saturated heterocycles. The third-order valence-electron chi connectivity index (χ3n) is 3.92. The van der Waals surface area contributed by atoms with Crippen LogP contribution < -0.4 is 10.1 Å². The first kappa shape index (κ1) is 17.6. The third kappa shape index (κ3) is 5.13. The first-order chi connectivity index (χ1) is 10.7. The molecule has 0 aromatic heterocycles. The summed E-state index contributed by atoms with van der Waals surface area (Å²) >= 11 is 0. The largest absolute Gasteiger partial charge is 0.573 e. The third-order valence-corrected chi connectivity index (χ3v) is 3.92. The maximum atomic E-state index is 12.1. The van der Waals surface area contributed by atoms with Gasteiger partial charge in [0.05, 0.1) is 6.10 Å². The van der Waals surface area contributed by atoms with E-state index in [9.17, 15) is 23.1 Å². The van der Waals surface area contributed by atoms with Gasteiger partial charge in [0, 0.05) is 12.5 Å². The summed E-state index contributed by atoms with van der Waals surface area (Å²) in [6, 6.07) is 5.58. The van der Waals surface area contributed by atoms with Gasteiger partial charge in [-0.05, 0) is 36.0 Å². The number of amides is 1. The Bertz CT molecular complexity index is 542. The first-order valence-corrected chi connectivity index (χ1v) is 7.49. The van der Waals surface area contributed by atoms with Gasteiger partial charge in [0.2, 0.25) is 5.91 Å². The molecule has 3 unspecified atom stereocenters. The van der Waals surface area contributed by atoms with Crippen LogP contribution in [0.5, 0.6) is 5.75 Å². The fraction of sp³-hybridized carbons (Fsp3) is 0.562. The fourth-order valence-corrected chi connectivity index (χ4v) is 2.34. The Hall–Kier alpha value is -1.76. The van der Waals surface area contributed by atoms with Crippen LogP contribution in [0.4, 0.5) is 13.2 Å². The van der Waals surface area contributed by atoms with E-state index in [1.165, 1.54) is 12.1 Å². The number of hydrogen-bond donors (Lipinski definition) is 2. The second-order valence-corrected chi connectivity index (χ2v) is 6.12. The summed E-state index contributed by atoms with van der Waals surface area (Å²) < 4.78 is 40.1. The highest BCUT2D eigenvalue weighted by Gasteiger charge is 2.44. The minimum Gasteiger partial charge on any atom is -0.406 e. The predicted molar refractivity (Wildman–Crippen MR) is 77.8 cm³/mol. The van der Waals surface area contributed by atoms with Crippen molar-refractivity contribution in [3.05, 3.63) is 29.8 Å². The lowest BCUT2D eigenvalue weighted by molar-refractivity contribution is -0.274.